The van der Waals surface area contributed by atoms with Gasteiger partial charge in [0.2, 0.25) is 5.75 Å². The molecule has 0 fully saturated rings. The van der Waals surface area contributed by atoms with E-state index in [1.54, 1.807) is 27.5 Å². The van der Waals surface area contributed by atoms with Crippen molar-refractivity contribution in [1.82, 2.24) is 9.55 Å². The molecule has 0 atom stereocenters. The van der Waals surface area contributed by atoms with Gasteiger partial charge in [0.1, 0.15) is 5.65 Å². The topological polar surface area (TPSA) is 65.7 Å². The summed E-state index contributed by atoms with van der Waals surface area (Å²) in [6.45, 7) is 0.557. The first kappa shape index (κ1) is 18.1. The van der Waals surface area contributed by atoms with Crippen LogP contribution < -0.4 is 14.2 Å². The lowest BCUT2D eigenvalue weighted by molar-refractivity contribution is 0.281. The highest BCUT2D eigenvalue weighted by Crippen LogP contribution is 2.39. The standard InChI is InChI=1S/C22H22N2O4/c1-26-19-9-14(10-20(27-2)21(19)28-3)12-24-18-7-5-4-6-16(18)17-8-15(13-25)11-23-22(17)24/h4-11,25H,12-13H2,1-3H3. The Labute approximate surface area is 162 Å². The Hall–Kier alpha value is -3.25. The molecule has 2 heterocycles. The van der Waals surface area contributed by atoms with Gasteiger partial charge in [-0.15, -0.1) is 0 Å². The number of pyridine rings is 1. The molecule has 1 N–H and O–H groups in total. The lowest BCUT2D eigenvalue weighted by Gasteiger charge is -2.15. The van der Waals surface area contributed by atoms with Crippen molar-refractivity contribution in [2.45, 2.75) is 13.2 Å². The molecule has 0 aliphatic heterocycles. The number of hydrogen-bond acceptors (Lipinski definition) is 5. The summed E-state index contributed by atoms with van der Waals surface area (Å²) in [6, 6.07) is 14.1. The molecule has 0 radical (unpaired) electrons. The highest BCUT2D eigenvalue weighted by atomic mass is 16.5. The van der Waals surface area contributed by atoms with Gasteiger partial charge >= 0.3 is 0 Å². The average molecular weight is 378 g/mol. The summed E-state index contributed by atoms with van der Waals surface area (Å²) < 4.78 is 18.6. The summed E-state index contributed by atoms with van der Waals surface area (Å²) in [6.07, 6.45) is 1.72. The second-order valence-corrected chi connectivity index (χ2v) is 6.51. The van der Waals surface area contributed by atoms with E-state index in [-0.39, 0.29) is 6.61 Å². The van der Waals surface area contributed by atoms with Crippen LogP contribution in [0, 0.1) is 0 Å². The summed E-state index contributed by atoms with van der Waals surface area (Å²) >= 11 is 0. The van der Waals surface area contributed by atoms with Crippen molar-refractivity contribution in [3.8, 4) is 17.2 Å². The third kappa shape index (κ3) is 2.92. The van der Waals surface area contributed by atoms with Gasteiger partial charge in [-0.1, -0.05) is 18.2 Å². The van der Waals surface area contributed by atoms with E-state index in [4.69, 9.17) is 14.2 Å². The Bertz CT molecular complexity index is 1130. The maximum absolute atomic E-state index is 9.49. The Morgan fingerprint density at radius 1 is 0.893 bits per heavy atom. The van der Waals surface area contributed by atoms with Crippen molar-refractivity contribution in [3.05, 3.63) is 59.8 Å². The van der Waals surface area contributed by atoms with Crippen LogP contribution in [-0.2, 0) is 13.2 Å². The SMILES string of the molecule is COc1cc(Cn2c3ccccc3c3cc(CO)cnc32)cc(OC)c1OC. The summed E-state index contributed by atoms with van der Waals surface area (Å²) in [5.41, 5.74) is 3.74. The molecule has 2 aromatic carbocycles. The number of methoxy groups -OCH3 is 3. The van der Waals surface area contributed by atoms with E-state index in [1.807, 2.05) is 30.3 Å². The predicted octanol–water partition coefficient (Wildman–Crippen LogP) is 3.76. The van der Waals surface area contributed by atoms with Crippen LogP contribution in [0.4, 0.5) is 0 Å². The van der Waals surface area contributed by atoms with Gasteiger partial charge in [-0.2, -0.15) is 0 Å². The number of rotatable bonds is 6. The largest absolute Gasteiger partial charge is 0.493 e. The molecular weight excluding hydrogens is 356 g/mol. The van der Waals surface area contributed by atoms with Gasteiger partial charge in [0.05, 0.1) is 33.5 Å². The number of aromatic nitrogens is 2. The molecule has 0 aliphatic carbocycles. The van der Waals surface area contributed by atoms with Crippen molar-refractivity contribution < 1.29 is 19.3 Å². The normalized spacial score (nSPS) is 11.1. The van der Waals surface area contributed by atoms with Crippen LogP contribution in [0.5, 0.6) is 17.2 Å². The monoisotopic (exact) mass is 378 g/mol. The molecule has 0 saturated heterocycles. The molecular formula is C22H22N2O4. The molecule has 0 saturated carbocycles. The first-order chi connectivity index (χ1) is 13.7. The van der Waals surface area contributed by atoms with E-state index in [0.29, 0.717) is 23.8 Å². The zero-order chi connectivity index (χ0) is 19.7. The molecule has 4 aromatic rings. The van der Waals surface area contributed by atoms with E-state index in [2.05, 4.69) is 21.7 Å². The summed E-state index contributed by atoms with van der Waals surface area (Å²) in [5.74, 6) is 1.81. The smallest absolute Gasteiger partial charge is 0.203 e. The average Bonchev–Trinajstić information content (AvgIpc) is 3.06. The van der Waals surface area contributed by atoms with Crippen LogP contribution >= 0.6 is 0 Å². The predicted molar refractivity (Wildman–Crippen MR) is 108 cm³/mol. The minimum Gasteiger partial charge on any atom is -0.493 e. The molecule has 0 bridgehead atoms. The van der Waals surface area contributed by atoms with E-state index in [0.717, 1.165) is 33.1 Å². The molecule has 4 rings (SSSR count). The van der Waals surface area contributed by atoms with Gasteiger partial charge < -0.3 is 23.9 Å². The number of hydrogen-bond donors (Lipinski definition) is 1. The quantitative estimate of drug-likeness (QED) is 0.553. The third-order valence-electron chi connectivity index (χ3n) is 4.91. The molecule has 28 heavy (non-hydrogen) atoms. The van der Waals surface area contributed by atoms with Crippen LogP contribution in [0.1, 0.15) is 11.1 Å². The molecule has 0 unspecified atom stereocenters. The zero-order valence-corrected chi connectivity index (χ0v) is 16.1. The van der Waals surface area contributed by atoms with Gasteiger partial charge in [-0.05, 0) is 35.4 Å². The minimum absolute atomic E-state index is 0.0324. The van der Waals surface area contributed by atoms with Crippen LogP contribution in [0.25, 0.3) is 21.9 Å². The van der Waals surface area contributed by atoms with Crippen LogP contribution in [-0.4, -0.2) is 36.0 Å². The maximum atomic E-state index is 9.49. The molecule has 0 aliphatic rings. The fraction of sp³-hybridized carbons (Fsp3) is 0.227. The van der Waals surface area contributed by atoms with Crippen LogP contribution in [0.3, 0.4) is 0 Å². The fourth-order valence-electron chi connectivity index (χ4n) is 3.62. The van der Waals surface area contributed by atoms with Gasteiger partial charge in [-0.25, -0.2) is 4.98 Å². The molecule has 2 aromatic heterocycles. The highest BCUT2D eigenvalue weighted by Gasteiger charge is 2.16. The molecule has 6 heteroatoms. The number of aliphatic hydroxyl groups is 1. The Morgan fingerprint density at radius 2 is 1.61 bits per heavy atom. The lowest BCUT2D eigenvalue weighted by atomic mass is 10.1. The zero-order valence-electron chi connectivity index (χ0n) is 16.1. The first-order valence-corrected chi connectivity index (χ1v) is 8.95. The van der Waals surface area contributed by atoms with E-state index >= 15 is 0 Å². The van der Waals surface area contributed by atoms with Gasteiger partial charge in [0.15, 0.2) is 11.5 Å². The van der Waals surface area contributed by atoms with Crippen molar-refractivity contribution in [2.24, 2.45) is 0 Å². The van der Waals surface area contributed by atoms with Crippen LogP contribution in [0.2, 0.25) is 0 Å². The summed E-state index contributed by atoms with van der Waals surface area (Å²) in [5, 5.41) is 11.6. The highest BCUT2D eigenvalue weighted by molar-refractivity contribution is 6.06. The number of fused-ring (bicyclic) bond motifs is 3. The van der Waals surface area contributed by atoms with Crippen molar-refractivity contribution in [3.63, 3.8) is 0 Å². The third-order valence-corrected chi connectivity index (χ3v) is 4.91. The molecule has 0 amide bonds. The number of benzene rings is 2. The number of para-hydroxylation sites is 1. The fourth-order valence-corrected chi connectivity index (χ4v) is 3.62. The molecule has 0 spiro atoms. The Balaban J connectivity index is 1.90. The van der Waals surface area contributed by atoms with Crippen molar-refractivity contribution in [2.75, 3.05) is 21.3 Å². The van der Waals surface area contributed by atoms with Crippen molar-refractivity contribution >= 4 is 21.9 Å². The summed E-state index contributed by atoms with van der Waals surface area (Å²) in [7, 11) is 4.81. The second-order valence-electron chi connectivity index (χ2n) is 6.51. The Morgan fingerprint density at radius 3 is 2.25 bits per heavy atom. The van der Waals surface area contributed by atoms with Gasteiger partial charge in [0, 0.05) is 23.5 Å². The van der Waals surface area contributed by atoms with E-state index < -0.39 is 0 Å². The van der Waals surface area contributed by atoms with Gasteiger partial charge in [0.25, 0.3) is 0 Å². The lowest BCUT2D eigenvalue weighted by Crippen LogP contribution is -2.03. The minimum atomic E-state index is -0.0324. The Kier molecular flexibility index (Phi) is 4.79. The van der Waals surface area contributed by atoms with Crippen molar-refractivity contribution in [1.29, 1.82) is 0 Å². The summed E-state index contributed by atoms with van der Waals surface area (Å²) in [4.78, 5) is 4.62. The molecule has 6 nitrogen and oxygen atoms in total. The number of ether oxygens (including phenoxy) is 3. The first-order valence-electron chi connectivity index (χ1n) is 8.95. The van der Waals surface area contributed by atoms with E-state index in [1.165, 1.54) is 0 Å². The number of aliphatic hydroxyl groups excluding tert-OH is 1. The second kappa shape index (κ2) is 7.40. The van der Waals surface area contributed by atoms with E-state index in [9.17, 15) is 5.11 Å². The maximum Gasteiger partial charge on any atom is 0.203 e. The number of nitrogens with zero attached hydrogens (tertiary/aromatic N) is 2. The van der Waals surface area contributed by atoms with Crippen LogP contribution in [0.15, 0.2) is 48.7 Å². The van der Waals surface area contributed by atoms with Gasteiger partial charge in [-0.3, -0.25) is 0 Å². The molecule has 144 valence electrons.